The molecule has 2 saturated heterocycles. The second-order valence-corrected chi connectivity index (χ2v) is 8.52. The molecule has 142 valence electrons. The van der Waals surface area contributed by atoms with Crippen LogP contribution in [0.2, 0.25) is 0 Å². The van der Waals surface area contributed by atoms with Gasteiger partial charge in [-0.05, 0) is 18.1 Å². The Morgan fingerprint density at radius 1 is 1.19 bits per heavy atom. The van der Waals surface area contributed by atoms with Crippen LogP contribution in [0.5, 0.6) is 0 Å². The number of likely N-dealkylation sites (tertiary alicyclic amines) is 2. The molecule has 2 aliphatic rings. The number of thiazole rings is 1. The third-order valence-electron chi connectivity index (χ3n) is 5.73. The van der Waals surface area contributed by atoms with Crippen molar-refractivity contribution in [3.05, 3.63) is 52.0 Å². The molecule has 7 heteroatoms. The number of nitrogens with zero attached hydrogens (tertiary/aromatic N) is 4. The lowest BCUT2D eigenvalue weighted by Gasteiger charge is -2.32. The van der Waals surface area contributed by atoms with Gasteiger partial charge in [-0.3, -0.25) is 9.78 Å². The van der Waals surface area contributed by atoms with Crippen LogP contribution in [0.15, 0.2) is 36.0 Å². The molecule has 0 saturated carbocycles. The fourth-order valence-electron chi connectivity index (χ4n) is 4.46. The number of carbonyl (C=O) groups is 2. The zero-order chi connectivity index (χ0) is 19.1. The number of aromatic nitrogens is 1. The van der Waals surface area contributed by atoms with Gasteiger partial charge >= 0.3 is 6.03 Å². The predicted molar refractivity (Wildman–Crippen MR) is 105 cm³/mol. The second kappa shape index (κ2) is 6.96. The summed E-state index contributed by atoms with van der Waals surface area (Å²) < 4.78 is 0. The summed E-state index contributed by atoms with van der Waals surface area (Å²) in [6.07, 6.45) is 1.64. The first-order chi connectivity index (χ1) is 13.0. The average molecular weight is 385 g/mol. The molecule has 0 radical (unpaired) electrons. The maximum Gasteiger partial charge on any atom is 0.320 e. The van der Waals surface area contributed by atoms with Crippen molar-refractivity contribution in [1.82, 2.24) is 19.7 Å². The largest absolute Gasteiger partial charge is 0.337 e. The molecule has 0 N–H and O–H groups in total. The van der Waals surface area contributed by atoms with Crippen LogP contribution in [0.1, 0.15) is 26.8 Å². The zero-order valence-corrected chi connectivity index (χ0v) is 16.6. The van der Waals surface area contributed by atoms with Crippen molar-refractivity contribution in [2.45, 2.75) is 13.0 Å². The fraction of sp³-hybridized carbons (Fsp3) is 0.450. The first-order valence-electron chi connectivity index (χ1n) is 9.18. The molecule has 2 aliphatic heterocycles. The summed E-state index contributed by atoms with van der Waals surface area (Å²) in [5, 5.41) is 0. The number of hydrogen-bond donors (Lipinski definition) is 0. The highest BCUT2D eigenvalue weighted by Crippen LogP contribution is 2.46. The molecule has 3 heterocycles. The lowest BCUT2D eigenvalue weighted by Crippen LogP contribution is -2.42. The van der Waals surface area contributed by atoms with Crippen molar-refractivity contribution >= 4 is 23.3 Å². The molecule has 4 rings (SSSR count). The minimum absolute atomic E-state index is 0.00496. The highest BCUT2D eigenvalue weighted by molar-refractivity contribution is 7.11. The molecule has 0 spiro atoms. The Morgan fingerprint density at radius 3 is 2.63 bits per heavy atom. The van der Waals surface area contributed by atoms with E-state index in [9.17, 15) is 9.59 Å². The Balaban J connectivity index is 1.64. The Bertz CT molecular complexity index is 851. The van der Waals surface area contributed by atoms with Gasteiger partial charge in [0, 0.05) is 45.6 Å². The van der Waals surface area contributed by atoms with E-state index in [-0.39, 0.29) is 23.9 Å². The summed E-state index contributed by atoms with van der Waals surface area (Å²) in [5.74, 6) is 0.614. The normalized spacial score (nSPS) is 24.2. The summed E-state index contributed by atoms with van der Waals surface area (Å²) in [7, 11) is 3.59. The van der Waals surface area contributed by atoms with Crippen LogP contribution in [0.4, 0.5) is 4.79 Å². The van der Waals surface area contributed by atoms with Crippen molar-refractivity contribution < 1.29 is 9.59 Å². The van der Waals surface area contributed by atoms with E-state index in [0.717, 1.165) is 0 Å². The molecule has 0 aliphatic carbocycles. The molecule has 3 amide bonds. The van der Waals surface area contributed by atoms with E-state index in [0.29, 0.717) is 30.4 Å². The lowest BCUT2D eigenvalue weighted by atomic mass is 9.88. The molecular weight excluding hydrogens is 360 g/mol. The van der Waals surface area contributed by atoms with Crippen LogP contribution in [-0.2, 0) is 0 Å². The number of aryl methyl sites for hydroxylation is 1. The molecule has 3 atom stereocenters. The number of rotatable bonds is 2. The lowest BCUT2D eigenvalue weighted by molar-refractivity contribution is 0.0771. The summed E-state index contributed by atoms with van der Waals surface area (Å²) in [6, 6.07) is 8.31. The van der Waals surface area contributed by atoms with Crippen LogP contribution in [-0.4, -0.2) is 65.4 Å². The van der Waals surface area contributed by atoms with Gasteiger partial charge in [-0.25, -0.2) is 4.79 Å². The third kappa shape index (κ3) is 3.10. The number of urea groups is 1. The molecule has 1 aromatic heterocycles. The van der Waals surface area contributed by atoms with Crippen molar-refractivity contribution in [3.63, 3.8) is 0 Å². The summed E-state index contributed by atoms with van der Waals surface area (Å²) in [5.41, 5.74) is 4.07. The molecule has 6 nitrogen and oxygen atoms in total. The van der Waals surface area contributed by atoms with E-state index in [2.05, 4.69) is 24.0 Å². The SMILES string of the molecule is Cc1ccccc1[C@H]1[C@@H]2CN(C(=O)c3cncs3)C[C@@H]2CN1C(=O)N(C)C. The standard InChI is InChI=1S/C20H24N4O2S/c1-13-6-4-5-7-15(13)18-16-11-23(19(25)17-8-21-12-27-17)9-14(16)10-24(18)20(26)22(2)3/h4-8,12,14,16,18H,9-11H2,1-3H3/t14-,16-,18+/m1/s1. The molecule has 2 aromatic rings. The van der Waals surface area contributed by atoms with E-state index in [1.807, 2.05) is 21.9 Å². The number of hydrogen-bond acceptors (Lipinski definition) is 4. The smallest absolute Gasteiger partial charge is 0.320 e. The van der Waals surface area contributed by atoms with Crippen LogP contribution >= 0.6 is 11.3 Å². The Morgan fingerprint density at radius 2 is 1.96 bits per heavy atom. The maximum atomic E-state index is 12.8. The first-order valence-corrected chi connectivity index (χ1v) is 10.1. The van der Waals surface area contributed by atoms with Crippen molar-refractivity contribution in [2.75, 3.05) is 33.7 Å². The minimum Gasteiger partial charge on any atom is -0.337 e. The number of carbonyl (C=O) groups excluding carboxylic acids is 2. The molecule has 1 aromatic carbocycles. The molecule has 2 fully saturated rings. The predicted octanol–water partition coefficient (Wildman–Crippen LogP) is 2.88. The van der Waals surface area contributed by atoms with Gasteiger partial charge in [0.05, 0.1) is 17.7 Å². The van der Waals surface area contributed by atoms with Gasteiger partial charge in [0.25, 0.3) is 5.91 Å². The molecular formula is C20H24N4O2S. The molecule has 0 unspecified atom stereocenters. The van der Waals surface area contributed by atoms with Crippen LogP contribution in [0.3, 0.4) is 0 Å². The second-order valence-electron chi connectivity index (χ2n) is 7.63. The highest BCUT2D eigenvalue weighted by atomic mass is 32.1. The fourth-order valence-corrected chi connectivity index (χ4v) is 5.05. The van der Waals surface area contributed by atoms with Gasteiger partial charge in [-0.15, -0.1) is 11.3 Å². The van der Waals surface area contributed by atoms with Crippen molar-refractivity contribution in [3.8, 4) is 0 Å². The molecule has 0 bridgehead atoms. The van der Waals surface area contributed by atoms with E-state index < -0.39 is 0 Å². The van der Waals surface area contributed by atoms with E-state index >= 15 is 0 Å². The van der Waals surface area contributed by atoms with Gasteiger partial charge < -0.3 is 14.7 Å². The zero-order valence-electron chi connectivity index (χ0n) is 15.8. The maximum absolute atomic E-state index is 12.8. The van der Waals surface area contributed by atoms with Gasteiger partial charge in [0.2, 0.25) is 0 Å². The summed E-state index contributed by atoms with van der Waals surface area (Å²) >= 11 is 1.38. The van der Waals surface area contributed by atoms with Gasteiger partial charge in [0.15, 0.2) is 0 Å². The quantitative estimate of drug-likeness (QED) is 0.800. The van der Waals surface area contributed by atoms with Gasteiger partial charge in [-0.2, -0.15) is 0 Å². The van der Waals surface area contributed by atoms with E-state index in [1.54, 1.807) is 30.7 Å². The Labute approximate surface area is 163 Å². The highest BCUT2D eigenvalue weighted by Gasteiger charge is 2.50. The third-order valence-corrected chi connectivity index (χ3v) is 6.49. The molecule has 27 heavy (non-hydrogen) atoms. The van der Waals surface area contributed by atoms with Crippen LogP contribution in [0.25, 0.3) is 0 Å². The van der Waals surface area contributed by atoms with Gasteiger partial charge in [0.1, 0.15) is 4.88 Å². The van der Waals surface area contributed by atoms with Crippen molar-refractivity contribution in [1.29, 1.82) is 0 Å². The Hall–Kier alpha value is -2.41. The Kier molecular flexibility index (Phi) is 4.63. The topological polar surface area (TPSA) is 56.8 Å². The average Bonchev–Trinajstić information content (AvgIpc) is 3.37. The van der Waals surface area contributed by atoms with Crippen LogP contribution in [0, 0.1) is 18.8 Å². The first kappa shape index (κ1) is 18.0. The summed E-state index contributed by atoms with van der Waals surface area (Å²) in [4.78, 5) is 35.9. The summed E-state index contributed by atoms with van der Waals surface area (Å²) in [6.45, 7) is 4.15. The number of benzene rings is 1. The monoisotopic (exact) mass is 384 g/mol. The van der Waals surface area contributed by atoms with Gasteiger partial charge in [-0.1, -0.05) is 24.3 Å². The number of amides is 3. The number of fused-ring (bicyclic) bond motifs is 1. The van der Waals surface area contributed by atoms with E-state index in [1.165, 1.54) is 22.5 Å². The van der Waals surface area contributed by atoms with Crippen LogP contribution < -0.4 is 0 Å². The van der Waals surface area contributed by atoms with Crippen molar-refractivity contribution in [2.24, 2.45) is 11.8 Å². The minimum atomic E-state index is 0.00496. The van der Waals surface area contributed by atoms with E-state index in [4.69, 9.17) is 0 Å².